The minimum absolute atomic E-state index is 0.164. The number of aromatic nitrogens is 3. The third-order valence-electron chi connectivity index (χ3n) is 6.87. The number of benzene rings is 1. The lowest BCUT2D eigenvalue weighted by Gasteiger charge is -2.28. The topological polar surface area (TPSA) is 184 Å². The van der Waals surface area contributed by atoms with Crippen molar-refractivity contribution in [2.45, 2.75) is 62.4 Å². The smallest absolute Gasteiger partial charge is 0.459 e. The van der Waals surface area contributed by atoms with Crippen LogP contribution in [0.15, 0.2) is 48.8 Å². The van der Waals surface area contributed by atoms with Crippen molar-refractivity contribution in [2.24, 2.45) is 0 Å². The number of hydrogen-bond donors (Lipinski definition) is 4. The first kappa shape index (κ1) is 28.0. The SMILES string of the molecule is [C-]#[N+][C@]1(CO[P@](=O)(N[C@@H](C)C(=O)OC2CCC2)Oc2ccccc2)O[C@@H](c2ccc3c(N)ncnn23)[C@H](O)[C@@H]1O. The minimum Gasteiger partial charge on any atom is -0.461 e. The monoisotopic (exact) mass is 572 g/mol. The van der Waals surface area contributed by atoms with E-state index in [9.17, 15) is 19.6 Å². The maximum absolute atomic E-state index is 13.9. The van der Waals surface area contributed by atoms with E-state index in [1.807, 2.05) is 0 Å². The van der Waals surface area contributed by atoms with E-state index in [0.29, 0.717) is 11.2 Å². The summed E-state index contributed by atoms with van der Waals surface area (Å²) in [6.45, 7) is 8.46. The molecule has 14 nitrogen and oxygen atoms in total. The highest BCUT2D eigenvalue weighted by Crippen LogP contribution is 2.49. The van der Waals surface area contributed by atoms with Crippen molar-refractivity contribution in [1.29, 1.82) is 0 Å². The molecule has 1 aliphatic heterocycles. The zero-order valence-electron chi connectivity index (χ0n) is 21.5. The highest BCUT2D eigenvalue weighted by molar-refractivity contribution is 7.52. The second-order valence-corrected chi connectivity index (χ2v) is 11.3. The van der Waals surface area contributed by atoms with E-state index in [0.717, 1.165) is 19.3 Å². The molecule has 1 aromatic carbocycles. The average molecular weight is 573 g/mol. The van der Waals surface area contributed by atoms with Gasteiger partial charge in [0.1, 0.15) is 41.9 Å². The number of anilines is 1. The van der Waals surface area contributed by atoms with Crippen LogP contribution in [0.3, 0.4) is 0 Å². The summed E-state index contributed by atoms with van der Waals surface area (Å²) in [5, 5.41) is 28.5. The molecule has 15 heteroatoms. The molecule has 3 heterocycles. The molecule has 1 saturated heterocycles. The molecule has 6 atom stereocenters. The van der Waals surface area contributed by atoms with Crippen LogP contribution in [-0.4, -0.2) is 67.5 Å². The molecule has 1 saturated carbocycles. The van der Waals surface area contributed by atoms with Gasteiger partial charge < -0.3 is 25.2 Å². The minimum atomic E-state index is -4.37. The molecule has 5 rings (SSSR count). The van der Waals surface area contributed by atoms with E-state index in [2.05, 4.69) is 20.0 Å². The van der Waals surface area contributed by atoms with Crippen LogP contribution in [0.4, 0.5) is 5.82 Å². The molecule has 0 bridgehead atoms. The van der Waals surface area contributed by atoms with E-state index in [1.165, 1.54) is 29.9 Å². The second kappa shape index (κ2) is 11.1. The molecule has 40 heavy (non-hydrogen) atoms. The lowest BCUT2D eigenvalue weighted by Crippen LogP contribution is -2.45. The lowest BCUT2D eigenvalue weighted by molar-refractivity contribution is -0.154. The number of rotatable bonds is 10. The first-order valence-corrected chi connectivity index (χ1v) is 14.2. The van der Waals surface area contributed by atoms with Gasteiger partial charge in [0.15, 0.2) is 18.5 Å². The Kier molecular flexibility index (Phi) is 7.78. The van der Waals surface area contributed by atoms with Gasteiger partial charge in [-0.25, -0.2) is 20.6 Å². The van der Waals surface area contributed by atoms with Crippen molar-refractivity contribution in [3.8, 4) is 5.75 Å². The third kappa shape index (κ3) is 5.40. The maximum Gasteiger partial charge on any atom is 0.459 e. The Morgan fingerprint density at radius 3 is 2.75 bits per heavy atom. The molecule has 0 spiro atoms. The van der Waals surface area contributed by atoms with Gasteiger partial charge in [-0.2, -0.15) is 10.2 Å². The van der Waals surface area contributed by atoms with E-state index < -0.39 is 50.4 Å². The Morgan fingerprint density at radius 2 is 2.08 bits per heavy atom. The van der Waals surface area contributed by atoms with E-state index in [4.69, 9.17) is 30.8 Å². The average Bonchev–Trinajstić information content (AvgIpc) is 3.46. The molecule has 2 aromatic heterocycles. The summed E-state index contributed by atoms with van der Waals surface area (Å²) in [7, 11) is -4.37. The van der Waals surface area contributed by atoms with Crippen LogP contribution >= 0.6 is 7.75 Å². The van der Waals surface area contributed by atoms with Crippen LogP contribution in [-0.2, 0) is 23.4 Å². The summed E-state index contributed by atoms with van der Waals surface area (Å²) < 4.78 is 37.8. The number of esters is 1. The van der Waals surface area contributed by atoms with Gasteiger partial charge in [0.05, 0.1) is 5.69 Å². The molecule has 1 aliphatic carbocycles. The number of carbonyl (C=O) groups is 1. The van der Waals surface area contributed by atoms with Gasteiger partial charge in [0.25, 0.3) is 0 Å². The van der Waals surface area contributed by atoms with Crippen molar-refractivity contribution in [3.05, 3.63) is 65.9 Å². The van der Waals surface area contributed by atoms with E-state index in [-0.39, 0.29) is 17.7 Å². The summed E-state index contributed by atoms with van der Waals surface area (Å²) in [5.74, 6) is -0.291. The number of aliphatic hydroxyl groups is 2. The zero-order valence-corrected chi connectivity index (χ0v) is 22.4. The Morgan fingerprint density at radius 1 is 1.32 bits per heavy atom. The predicted octanol–water partition coefficient (Wildman–Crippen LogP) is 2.00. The molecule has 3 aromatic rings. The lowest BCUT2D eigenvalue weighted by atomic mass is 9.96. The number of fused-ring (bicyclic) bond motifs is 1. The van der Waals surface area contributed by atoms with Crippen molar-refractivity contribution >= 4 is 25.1 Å². The summed E-state index contributed by atoms with van der Waals surface area (Å²) in [5.41, 5.74) is 4.45. The van der Waals surface area contributed by atoms with Gasteiger partial charge in [0, 0.05) is 0 Å². The fourth-order valence-corrected chi connectivity index (χ4v) is 5.91. The number of para-hydroxylation sites is 1. The van der Waals surface area contributed by atoms with E-state index in [1.54, 1.807) is 30.3 Å². The first-order chi connectivity index (χ1) is 19.1. The number of nitrogens with two attached hydrogens (primary N) is 1. The van der Waals surface area contributed by atoms with Gasteiger partial charge in [0.2, 0.25) is 0 Å². The Hall–Kier alpha value is -3.57. The van der Waals surface area contributed by atoms with Gasteiger partial charge in [-0.05, 0) is 50.5 Å². The highest BCUT2D eigenvalue weighted by Gasteiger charge is 2.62. The van der Waals surface area contributed by atoms with Crippen LogP contribution in [0.2, 0.25) is 0 Å². The quantitative estimate of drug-likeness (QED) is 0.158. The van der Waals surface area contributed by atoms with Crippen LogP contribution in [0.1, 0.15) is 38.0 Å². The fourth-order valence-electron chi connectivity index (χ4n) is 4.39. The van der Waals surface area contributed by atoms with Crippen molar-refractivity contribution < 1.29 is 38.1 Å². The molecule has 2 fully saturated rings. The Balaban J connectivity index is 1.37. The summed E-state index contributed by atoms with van der Waals surface area (Å²) in [4.78, 5) is 19.9. The van der Waals surface area contributed by atoms with Crippen LogP contribution in [0.5, 0.6) is 5.75 Å². The Labute approximate surface area is 229 Å². The zero-order chi connectivity index (χ0) is 28.5. The molecule has 0 radical (unpaired) electrons. The van der Waals surface area contributed by atoms with Crippen molar-refractivity contribution in [3.63, 3.8) is 0 Å². The predicted molar refractivity (Wildman–Crippen MR) is 140 cm³/mol. The number of carbonyl (C=O) groups excluding carboxylic acids is 1. The molecular formula is C25H29N6O8P. The van der Waals surface area contributed by atoms with Crippen LogP contribution in [0.25, 0.3) is 10.4 Å². The highest BCUT2D eigenvalue weighted by atomic mass is 31.2. The largest absolute Gasteiger partial charge is 0.461 e. The number of hydrogen-bond acceptors (Lipinski definition) is 11. The molecule has 0 amide bonds. The molecule has 212 valence electrons. The van der Waals surface area contributed by atoms with Gasteiger partial charge >= 0.3 is 19.4 Å². The molecular weight excluding hydrogens is 543 g/mol. The number of aliphatic hydroxyl groups excluding tert-OH is 2. The van der Waals surface area contributed by atoms with E-state index >= 15 is 0 Å². The molecule has 0 unspecified atom stereocenters. The maximum atomic E-state index is 13.9. The summed E-state index contributed by atoms with van der Waals surface area (Å²) in [6, 6.07) is 10.2. The number of ether oxygens (including phenoxy) is 2. The molecule has 5 N–H and O–H groups in total. The van der Waals surface area contributed by atoms with Gasteiger partial charge in [-0.15, -0.1) is 0 Å². The number of nitrogens with zero attached hydrogens (tertiary/aromatic N) is 4. The number of nitrogens with one attached hydrogen (secondary N) is 1. The number of nitrogen functional groups attached to an aromatic ring is 1. The Bertz CT molecular complexity index is 1460. The fraction of sp³-hybridized carbons (Fsp3) is 0.440. The van der Waals surface area contributed by atoms with Crippen molar-refractivity contribution in [1.82, 2.24) is 19.7 Å². The van der Waals surface area contributed by atoms with Gasteiger partial charge in [-0.1, -0.05) is 18.2 Å². The van der Waals surface area contributed by atoms with Crippen LogP contribution < -0.4 is 15.3 Å². The van der Waals surface area contributed by atoms with Crippen molar-refractivity contribution in [2.75, 3.05) is 12.3 Å². The standard InChI is InChI=1S/C25H29N6O8P/c1-15(24(34)37-16-9-6-10-16)30-40(35,39-17-7-4-3-5-8-17)36-13-25(27-2)22(33)20(32)21(38-25)18-11-12-19-23(26)28-14-29-31(18)19/h3-5,7-8,11-12,14-16,20-22,32-33H,6,9-10,13H2,1H3,(H,30,35)(H2,26,28,29)/t15-,20-,21-,22-,25+,40+/m0/s1. The summed E-state index contributed by atoms with van der Waals surface area (Å²) in [6.07, 6.45) is -1.06. The van der Waals surface area contributed by atoms with Crippen LogP contribution in [0, 0.1) is 6.57 Å². The molecule has 2 aliphatic rings. The first-order valence-electron chi connectivity index (χ1n) is 12.6. The summed E-state index contributed by atoms with van der Waals surface area (Å²) >= 11 is 0. The normalized spacial score (nSPS) is 26.9. The third-order valence-corrected chi connectivity index (χ3v) is 8.49. The van der Waals surface area contributed by atoms with Gasteiger partial charge in [-0.3, -0.25) is 18.9 Å². The second-order valence-electron chi connectivity index (χ2n) is 9.65.